The van der Waals surface area contributed by atoms with E-state index in [4.69, 9.17) is 4.74 Å². The van der Waals surface area contributed by atoms with Gasteiger partial charge in [-0.2, -0.15) is 0 Å². The van der Waals surface area contributed by atoms with Crippen LogP contribution in [-0.2, 0) is 4.74 Å². The number of aliphatic hydroxyl groups excluding tert-OH is 1. The molecule has 1 amide bonds. The highest BCUT2D eigenvalue weighted by Crippen LogP contribution is 2.18. The van der Waals surface area contributed by atoms with Crippen LogP contribution < -0.4 is 10.9 Å². The molecule has 6 nitrogen and oxygen atoms in total. The van der Waals surface area contributed by atoms with E-state index in [0.717, 1.165) is 11.3 Å². The Labute approximate surface area is 158 Å². The average Bonchev–Trinajstić information content (AvgIpc) is 2.64. The molecule has 2 aromatic rings. The van der Waals surface area contributed by atoms with E-state index < -0.39 is 18.1 Å². The van der Waals surface area contributed by atoms with Crippen LogP contribution >= 0.6 is 0 Å². The Hall–Kier alpha value is -2.44. The van der Waals surface area contributed by atoms with Crippen LogP contribution in [0.15, 0.2) is 41.3 Å². The van der Waals surface area contributed by atoms with Gasteiger partial charge in [-0.3, -0.25) is 14.2 Å². The maximum Gasteiger partial charge on any atom is 0.268 e. The molecule has 0 aliphatic carbocycles. The SMILES string of the molecule is Cc1ccn(-c2cccc(C(C)C)c2)c(=O)c1C(=O)N[C@@H]1COCC[C@H]1O. The number of aryl methyl sites for hydroxylation is 1. The van der Waals surface area contributed by atoms with Gasteiger partial charge in [0.05, 0.1) is 18.8 Å². The molecule has 2 N–H and O–H groups in total. The fourth-order valence-corrected chi connectivity index (χ4v) is 3.24. The van der Waals surface area contributed by atoms with Gasteiger partial charge in [0.15, 0.2) is 0 Å². The lowest BCUT2D eigenvalue weighted by Gasteiger charge is -2.28. The van der Waals surface area contributed by atoms with Gasteiger partial charge in [0.2, 0.25) is 0 Å². The smallest absolute Gasteiger partial charge is 0.268 e. The van der Waals surface area contributed by atoms with Gasteiger partial charge in [0, 0.05) is 18.5 Å². The van der Waals surface area contributed by atoms with Crippen molar-refractivity contribution in [1.82, 2.24) is 9.88 Å². The summed E-state index contributed by atoms with van der Waals surface area (Å²) in [7, 11) is 0. The summed E-state index contributed by atoms with van der Waals surface area (Å²) < 4.78 is 6.81. The van der Waals surface area contributed by atoms with E-state index in [2.05, 4.69) is 19.2 Å². The first-order valence-electron chi connectivity index (χ1n) is 9.27. The molecular formula is C21H26N2O4. The quantitative estimate of drug-likeness (QED) is 0.864. The summed E-state index contributed by atoms with van der Waals surface area (Å²) >= 11 is 0. The Morgan fingerprint density at radius 2 is 2.11 bits per heavy atom. The predicted octanol–water partition coefficient (Wildman–Crippen LogP) is 2.15. The first-order chi connectivity index (χ1) is 12.9. The lowest BCUT2D eigenvalue weighted by molar-refractivity contribution is -0.0140. The fourth-order valence-electron chi connectivity index (χ4n) is 3.24. The van der Waals surface area contributed by atoms with Crippen LogP contribution in [0.5, 0.6) is 0 Å². The van der Waals surface area contributed by atoms with Crippen LogP contribution in [0, 0.1) is 6.92 Å². The van der Waals surface area contributed by atoms with Gasteiger partial charge in [0.1, 0.15) is 5.56 Å². The lowest BCUT2D eigenvalue weighted by atomic mass is 10.0. The van der Waals surface area contributed by atoms with Crippen molar-refractivity contribution in [3.8, 4) is 5.69 Å². The van der Waals surface area contributed by atoms with E-state index >= 15 is 0 Å². The van der Waals surface area contributed by atoms with Crippen LogP contribution in [0.3, 0.4) is 0 Å². The second kappa shape index (κ2) is 8.06. The number of carbonyl (C=O) groups excluding carboxylic acids is 1. The largest absolute Gasteiger partial charge is 0.391 e. The minimum atomic E-state index is -0.670. The molecule has 0 spiro atoms. The standard InChI is InChI=1S/C21H26N2O4/c1-13(2)15-5-4-6-16(11-15)23-9-7-14(3)19(21(23)26)20(25)22-17-12-27-10-8-18(17)24/h4-7,9,11,13,17-18,24H,8,10,12H2,1-3H3,(H,22,25)/t17-,18-/m1/s1. The molecule has 1 aliphatic heterocycles. The third kappa shape index (κ3) is 4.12. The monoisotopic (exact) mass is 370 g/mol. The number of rotatable bonds is 4. The second-order valence-electron chi connectivity index (χ2n) is 7.31. The highest BCUT2D eigenvalue weighted by atomic mass is 16.5. The predicted molar refractivity (Wildman–Crippen MR) is 104 cm³/mol. The zero-order valence-electron chi connectivity index (χ0n) is 15.9. The number of hydrogen-bond donors (Lipinski definition) is 2. The Bertz CT molecular complexity index is 888. The molecule has 144 valence electrons. The highest BCUT2D eigenvalue weighted by molar-refractivity contribution is 5.95. The number of aromatic nitrogens is 1. The molecule has 3 rings (SSSR count). The highest BCUT2D eigenvalue weighted by Gasteiger charge is 2.27. The van der Waals surface area contributed by atoms with Crippen molar-refractivity contribution in [2.75, 3.05) is 13.2 Å². The van der Waals surface area contributed by atoms with Crippen LogP contribution in [0.1, 0.15) is 47.7 Å². The minimum absolute atomic E-state index is 0.0882. The van der Waals surface area contributed by atoms with Gasteiger partial charge in [-0.25, -0.2) is 0 Å². The van der Waals surface area contributed by atoms with E-state index in [1.54, 1.807) is 19.2 Å². The van der Waals surface area contributed by atoms with Gasteiger partial charge in [-0.15, -0.1) is 0 Å². The zero-order chi connectivity index (χ0) is 19.6. The molecule has 1 saturated heterocycles. The number of benzene rings is 1. The van der Waals surface area contributed by atoms with Gasteiger partial charge in [0.25, 0.3) is 11.5 Å². The van der Waals surface area contributed by atoms with Crippen LogP contribution in [0.4, 0.5) is 0 Å². The normalized spacial score (nSPS) is 19.9. The fraction of sp³-hybridized carbons (Fsp3) is 0.429. The molecule has 0 unspecified atom stereocenters. The van der Waals surface area contributed by atoms with E-state index in [0.29, 0.717) is 24.5 Å². The molecule has 1 aromatic heterocycles. The summed E-state index contributed by atoms with van der Waals surface area (Å²) in [6.07, 6.45) is 1.48. The molecule has 0 radical (unpaired) electrons. The van der Waals surface area contributed by atoms with E-state index in [-0.39, 0.29) is 17.7 Å². The third-order valence-corrected chi connectivity index (χ3v) is 4.98. The number of aliphatic hydroxyl groups is 1. The Kier molecular flexibility index (Phi) is 5.77. The van der Waals surface area contributed by atoms with E-state index in [1.165, 1.54) is 4.57 Å². The molecule has 0 bridgehead atoms. The molecule has 0 saturated carbocycles. The van der Waals surface area contributed by atoms with E-state index in [9.17, 15) is 14.7 Å². The summed E-state index contributed by atoms with van der Waals surface area (Å²) in [5.74, 6) is -0.150. The van der Waals surface area contributed by atoms with Crippen molar-refractivity contribution in [3.63, 3.8) is 0 Å². The van der Waals surface area contributed by atoms with Crippen molar-refractivity contribution in [2.45, 2.75) is 45.3 Å². The molecule has 6 heteroatoms. The molecule has 27 heavy (non-hydrogen) atoms. The average molecular weight is 370 g/mol. The molecule has 2 heterocycles. The first kappa shape index (κ1) is 19.3. The zero-order valence-corrected chi connectivity index (χ0v) is 15.9. The van der Waals surface area contributed by atoms with Crippen molar-refractivity contribution >= 4 is 5.91 Å². The van der Waals surface area contributed by atoms with Crippen LogP contribution in [-0.4, -0.2) is 40.9 Å². The van der Waals surface area contributed by atoms with Crippen LogP contribution in [0.2, 0.25) is 0 Å². The van der Waals surface area contributed by atoms with Crippen molar-refractivity contribution in [2.24, 2.45) is 0 Å². The summed E-state index contributed by atoms with van der Waals surface area (Å²) in [6.45, 7) is 6.63. The molecule has 1 aliphatic rings. The van der Waals surface area contributed by atoms with Crippen molar-refractivity contribution in [3.05, 3.63) is 63.6 Å². The van der Waals surface area contributed by atoms with Gasteiger partial charge < -0.3 is 15.2 Å². The van der Waals surface area contributed by atoms with Gasteiger partial charge in [-0.1, -0.05) is 26.0 Å². The Morgan fingerprint density at radius 1 is 1.33 bits per heavy atom. The Balaban J connectivity index is 1.95. The second-order valence-corrected chi connectivity index (χ2v) is 7.31. The number of ether oxygens (including phenoxy) is 1. The number of carbonyl (C=O) groups is 1. The molecule has 1 fully saturated rings. The molecule has 2 atom stereocenters. The summed E-state index contributed by atoms with van der Waals surface area (Å²) in [5, 5.41) is 12.8. The van der Waals surface area contributed by atoms with Crippen molar-refractivity contribution < 1.29 is 14.6 Å². The summed E-state index contributed by atoms with van der Waals surface area (Å²) in [6, 6.07) is 8.98. The maximum absolute atomic E-state index is 13.0. The maximum atomic E-state index is 13.0. The summed E-state index contributed by atoms with van der Waals surface area (Å²) in [5.41, 5.74) is 2.15. The third-order valence-electron chi connectivity index (χ3n) is 4.98. The number of amides is 1. The molecular weight excluding hydrogens is 344 g/mol. The number of pyridine rings is 1. The lowest BCUT2D eigenvalue weighted by Crippen LogP contribution is -2.50. The topological polar surface area (TPSA) is 80.6 Å². The summed E-state index contributed by atoms with van der Waals surface area (Å²) in [4.78, 5) is 25.8. The molecule has 1 aromatic carbocycles. The van der Waals surface area contributed by atoms with Crippen LogP contribution in [0.25, 0.3) is 5.69 Å². The Morgan fingerprint density at radius 3 is 2.81 bits per heavy atom. The number of hydrogen-bond acceptors (Lipinski definition) is 4. The van der Waals surface area contributed by atoms with Gasteiger partial charge >= 0.3 is 0 Å². The number of nitrogens with one attached hydrogen (secondary N) is 1. The van der Waals surface area contributed by atoms with Gasteiger partial charge in [-0.05, 0) is 48.6 Å². The van der Waals surface area contributed by atoms with Crippen molar-refractivity contribution in [1.29, 1.82) is 0 Å². The minimum Gasteiger partial charge on any atom is -0.391 e. The first-order valence-corrected chi connectivity index (χ1v) is 9.27. The number of nitrogens with zero attached hydrogens (tertiary/aromatic N) is 1. The van der Waals surface area contributed by atoms with E-state index in [1.807, 2.05) is 24.3 Å².